The third kappa shape index (κ3) is 1.74. The monoisotopic (exact) mass is 322 g/mol. The lowest BCUT2D eigenvalue weighted by Gasteiger charge is -2.37. The number of hydrogen-bond acceptors (Lipinski definition) is 3. The van der Waals surface area contributed by atoms with Crippen molar-refractivity contribution in [3.8, 4) is 0 Å². The summed E-state index contributed by atoms with van der Waals surface area (Å²) in [6.45, 7) is 4.37. The third-order valence-electron chi connectivity index (χ3n) is 6.65. The molecule has 4 aliphatic carbocycles. The number of anilines is 1. The van der Waals surface area contributed by atoms with Gasteiger partial charge in [0.1, 0.15) is 0 Å². The number of rotatable bonds is 3. The molecule has 24 heavy (non-hydrogen) atoms. The molecule has 1 saturated heterocycles. The van der Waals surface area contributed by atoms with Gasteiger partial charge >= 0.3 is 0 Å². The summed E-state index contributed by atoms with van der Waals surface area (Å²) in [6, 6.07) is 6.10. The van der Waals surface area contributed by atoms with Gasteiger partial charge in [-0.1, -0.05) is 30.4 Å². The molecule has 1 heterocycles. The maximum absolute atomic E-state index is 12.9. The van der Waals surface area contributed by atoms with E-state index in [0.29, 0.717) is 23.7 Å². The zero-order chi connectivity index (χ0) is 16.6. The lowest BCUT2D eigenvalue weighted by molar-refractivity contribution is -0.139. The van der Waals surface area contributed by atoms with Crippen LogP contribution in [0.15, 0.2) is 30.4 Å². The number of benzene rings is 1. The van der Waals surface area contributed by atoms with E-state index in [9.17, 15) is 9.59 Å². The first-order valence-electron chi connectivity index (χ1n) is 8.91. The van der Waals surface area contributed by atoms with Crippen molar-refractivity contribution in [3.63, 3.8) is 0 Å². The van der Waals surface area contributed by atoms with Gasteiger partial charge in [0.05, 0.1) is 18.5 Å². The van der Waals surface area contributed by atoms with E-state index in [1.807, 2.05) is 32.0 Å². The molecule has 0 aromatic heterocycles. The molecule has 2 bridgehead atoms. The lowest BCUT2D eigenvalue weighted by Crippen LogP contribution is -2.40. The van der Waals surface area contributed by atoms with Gasteiger partial charge in [-0.2, -0.15) is 0 Å². The predicted molar refractivity (Wildman–Crippen MR) is 91.0 cm³/mol. The molecule has 2 amide bonds. The Hall–Kier alpha value is -2.10. The molecular weight excluding hydrogens is 300 g/mol. The largest absolute Gasteiger partial charge is 0.367 e. The Kier molecular flexibility index (Phi) is 2.80. The fraction of sp³-hybridized carbons (Fsp3) is 0.500. The van der Waals surface area contributed by atoms with E-state index in [2.05, 4.69) is 17.5 Å². The van der Waals surface area contributed by atoms with Crippen LogP contribution in [0.5, 0.6) is 0 Å². The molecule has 1 aromatic rings. The van der Waals surface area contributed by atoms with Crippen molar-refractivity contribution in [3.05, 3.63) is 41.5 Å². The van der Waals surface area contributed by atoms with Crippen molar-refractivity contribution < 1.29 is 9.59 Å². The molecule has 6 rings (SSSR count). The number of para-hydroxylation sites is 1. The molecular formula is C20H22N2O2. The number of aryl methyl sites for hydroxylation is 2. The smallest absolute Gasteiger partial charge is 0.235 e. The number of likely N-dealkylation sites (tertiary alicyclic amines) is 1. The summed E-state index contributed by atoms with van der Waals surface area (Å²) in [5.41, 5.74) is 3.29. The van der Waals surface area contributed by atoms with E-state index in [0.717, 1.165) is 16.8 Å². The van der Waals surface area contributed by atoms with Crippen LogP contribution < -0.4 is 5.32 Å². The van der Waals surface area contributed by atoms with Crippen LogP contribution in [0.25, 0.3) is 0 Å². The van der Waals surface area contributed by atoms with Crippen LogP contribution >= 0.6 is 0 Å². The SMILES string of the molecule is Cc1cccc(C)c1NCN1C(=O)[C@H]2[C@@H]3C=C[C@@H]([C@H]4C[C@H]34)[C@@H]2C1=O. The molecule has 2 saturated carbocycles. The van der Waals surface area contributed by atoms with Crippen LogP contribution in [0.3, 0.4) is 0 Å². The molecule has 3 fully saturated rings. The van der Waals surface area contributed by atoms with Crippen LogP contribution in [0.4, 0.5) is 5.69 Å². The maximum atomic E-state index is 12.9. The number of nitrogens with zero attached hydrogens (tertiary/aromatic N) is 1. The summed E-state index contributed by atoms with van der Waals surface area (Å²) >= 11 is 0. The van der Waals surface area contributed by atoms with Gasteiger partial charge in [-0.15, -0.1) is 0 Å². The summed E-state index contributed by atoms with van der Waals surface area (Å²) in [5.74, 6) is 1.78. The quantitative estimate of drug-likeness (QED) is 0.688. The van der Waals surface area contributed by atoms with Crippen molar-refractivity contribution in [2.24, 2.45) is 35.5 Å². The van der Waals surface area contributed by atoms with Gasteiger partial charge in [0, 0.05) is 5.69 Å². The second-order valence-electron chi connectivity index (χ2n) is 7.86. The number of carbonyl (C=O) groups is 2. The van der Waals surface area contributed by atoms with Crippen LogP contribution in [0.1, 0.15) is 17.5 Å². The van der Waals surface area contributed by atoms with Crippen LogP contribution in [0, 0.1) is 49.4 Å². The predicted octanol–water partition coefficient (Wildman–Crippen LogP) is 2.73. The van der Waals surface area contributed by atoms with Gasteiger partial charge in [-0.3, -0.25) is 14.5 Å². The highest BCUT2D eigenvalue weighted by Gasteiger charge is 2.66. The summed E-state index contributed by atoms with van der Waals surface area (Å²) in [4.78, 5) is 27.3. The van der Waals surface area contributed by atoms with E-state index < -0.39 is 0 Å². The van der Waals surface area contributed by atoms with Gasteiger partial charge < -0.3 is 5.32 Å². The summed E-state index contributed by atoms with van der Waals surface area (Å²) in [7, 11) is 0. The first-order chi connectivity index (χ1) is 11.6. The first-order valence-corrected chi connectivity index (χ1v) is 8.91. The lowest BCUT2D eigenvalue weighted by atomic mass is 9.63. The Balaban J connectivity index is 1.39. The van der Waals surface area contributed by atoms with Crippen molar-refractivity contribution >= 4 is 17.5 Å². The molecule has 0 radical (unpaired) electrons. The highest BCUT2D eigenvalue weighted by atomic mass is 16.2. The minimum atomic E-state index is -0.101. The number of imide groups is 1. The molecule has 0 unspecified atom stereocenters. The van der Waals surface area contributed by atoms with E-state index in [-0.39, 0.29) is 30.3 Å². The minimum Gasteiger partial charge on any atom is -0.367 e. The van der Waals surface area contributed by atoms with E-state index in [1.54, 1.807) is 0 Å². The molecule has 4 heteroatoms. The van der Waals surface area contributed by atoms with Crippen molar-refractivity contribution in [1.82, 2.24) is 4.90 Å². The van der Waals surface area contributed by atoms with E-state index >= 15 is 0 Å². The number of hydrogen-bond donors (Lipinski definition) is 1. The zero-order valence-corrected chi connectivity index (χ0v) is 14.0. The molecule has 4 nitrogen and oxygen atoms in total. The molecule has 6 atom stereocenters. The van der Waals surface area contributed by atoms with E-state index in [1.165, 1.54) is 11.3 Å². The molecule has 5 aliphatic rings. The van der Waals surface area contributed by atoms with Gasteiger partial charge in [-0.25, -0.2) is 0 Å². The summed E-state index contributed by atoms with van der Waals surface area (Å²) in [6.07, 6.45) is 5.64. The number of nitrogens with one attached hydrogen (secondary N) is 1. The normalized spacial score (nSPS) is 38.3. The van der Waals surface area contributed by atoms with Gasteiger partial charge in [-0.05, 0) is 55.1 Å². The second-order valence-corrected chi connectivity index (χ2v) is 7.86. The average molecular weight is 322 g/mol. The minimum absolute atomic E-state index is 0.0356. The Bertz CT molecular complexity index is 728. The van der Waals surface area contributed by atoms with Gasteiger partial charge in [0.2, 0.25) is 11.8 Å². The third-order valence-corrected chi connectivity index (χ3v) is 6.65. The van der Waals surface area contributed by atoms with Crippen LogP contribution in [-0.2, 0) is 9.59 Å². The highest BCUT2D eigenvalue weighted by Crippen LogP contribution is 2.65. The van der Waals surface area contributed by atoms with E-state index in [4.69, 9.17) is 0 Å². The molecule has 1 aliphatic heterocycles. The van der Waals surface area contributed by atoms with Crippen molar-refractivity contribution in [2.75, 3.05) is 12.0 Å². The summed E-state index contributed by atoms with van der Waals surface area (Å²) < 4.78 is 0. The fourth-order valence-corrected chi connectivity index (χ4v) is 5.43. The Morgan fingerprint density at radius 2 is 1.54 bits per heavy atom. The number of allylic oxidation sites excluding steroid dienone is 2. The maximum Gasteiger partial charge on any atom is 0.235 e. The first kappa shape index (κ1) is 14.3. The highest BCUT2D eigenvalue weighted by molar-refractivity contribution is 6.06. The standard InChI is InChI=1S/C20H22N2O2/c1-10-4-3-5-11(2)18(10)21-9-22-19(23)16-12-6-7-13(15-8-14(12)15)17(16)20(22)24/h3-7,12-17,21H,8-9H2,1-2H3/t12-,13+,14-,15-,16+,17+/m1/s1. The Morgan fingerprint density at radius 3 is 2.08 bits per heavy atom. The van der Waals surface area contributed by atoms with Crippen molar-refractivity contribution in [2.45, 2.75) is 20.3 Å². The summed E-state index contributed by atoms with van der Waals surface area (Å²) in [5, 5.41) is 3.33. The Morgan fingerprint density at radius 1 is 1.00 bits per heavy atom. The topological polar surface area (TPSA) is 49.4 Å². The molecule has 124 valence electrons. The second kappa shape index (κ2) is 4.71. The number of amides is 2. The van der Waals surface area contributed by atoms with Crippen molar-refractivity contribution in [1.29, 1.82) is 0 Å². The molecule has 1 aromatic carbocycles. The average Bonchev–Trinajstić information content (AvgIpc) is 3.34. The van der Waals surface area contributed by atoms with Gasteiger partial charge in [0.25, 0.3) is 0 Å². The van der Waals surface area contributed by atoms with Crippen LogP contribution in [0.2, 0.25) is 0 Å². The zero-order valence-electron chi connectivity index (χ0n) is 14.0. The molecule has 1 N–H and O–H groups in total. The fourth-order valence-electron chi connectivity index (χ4n) is 5.43. The molecule has 0 spiro atoms. The Labute approximate surface area is 141 Å². The van der Waals surface area contributed by atoms with Crippen LogP contribution in [-0.4, -0.2) is 23.4 Å². The van der Waals surface area contributed by atoms with Gasteiger partial charge in [0.15, 0.2) is 0 Å². The number of carbonyl (C=O) groups excluding carboxylic acids is 2.